The largest absolute Gasteiger partial charge is 0.207 e. The van der Waals surface area contributed by atoms with Crippen LogP contribution in [0.3, 0.4) is 0 Å². The highest BCUT2D eigenvalue weighted by molar-refractivity contribution is 6.20. The molecule has 0 aliphatic heterocycles. The molecule has 0 radical (unpaired) electrons. The molecule has 100 valence electrons. The van der Waals surface area contributed by atoms with Crippen LogP contribution in [0.15, 0.2) is 36.4 Å². The Morgan fingerprint density at radius 2 is 1.68 bits per heavy atom. The van der Waals surface area contributed by atoms with E-state index in [0.29, 0.717) is 5.56 Å². The van der Waals surface area contributed by atoms with Crippen LogP contribution in [0.2, 0.25) is 0 Å². The molecule has 2 aromatic rings. The Bertz CT molecular complexity index is 590. The first-order valence-corrected chi connectivity index (χ1v) is 6.87. The van der Waals surface area contributed by atoms with E-state index in [2.05, 4.69) is 32.0 Å². The van der Waals surface area contributed by atoms with Crippen LogP contribution in [0, 0.1) is 26.6 Å². The number of rotatable bonds is 3. The molecule has 0 aliphatic rings. The topological polar surface area (TPSA) is 0 Å². The molecule has 2 heteroatoms. The molecule has 0 saturated heterocycles. The van der Waals surface area contributed by atoms with Crippen molar-refractivity contribution >= 4 is 11.6 Å². The fourth-order valence-corrected chi connectivity index (χ4v) is 2.44. The SMILES string of the molecule is Cc1ccc(C)c(CC(Cl)c2ccc(C)c(F)c2)c1. The minimum absolute atomic E-state index is 0.191. The Kier molecular flexibility index (Phi) is 4.26. The lowest BCUT2D eigenvalue weighted by Gasteiger charge is -2.13. The number of hydrogen-bond acceptors (Lipinski definition) is 0. The van der Waals surface area contributed by atoms with Gasteiger partial charge in [0.05, 0.1) is 5.38 Å². The molecule has 0 fully saturated rings. The van der Waals surface area contributed by atoms with Gasteiger partial charge in [0.25, 0.3) is 0 Å². The maximum absolute atomic E-state index is 13.6. The number of aryl methyl sites for hydroxylation is 3. The monoisotopic (exact) mass is 276 g/mol. The molecule has 0 nitrogen and oxygen atoms in total. The van der Waals surface area contributed by atoms with Crippen LogP contribution in [-0.2, 0) is 6.42 Å². The van der Waals surface area contributed by atoms with Gasteiger partial charge in [-0.1, -0.05) is 35.9 Å². The number of hydrogen-bond donors (Lipinski definition) is 0. The van der Waals surface area contributed by atoms with Crippen LogP contribution < -0.4 is 0 Å². The maximum atomic E-state index is 13.6. The van der Waals surface area contributed by atoms with Crippen molar-refractivity contribution in [3.63, 3.8) is 0 Å². The Morgan fingerprint density at radius 1 is 1.00 bits per heavy atom. The summed E-state index contributed by atoms with van der Waals surface area (Å²) in [5, 5.41) is -0.199. The first-order chi connectivity index (χ1) is 8.97. The van der Waals surface area contributed by atoms with E-state index < -0.39 is 0 Å². The van der Waals surface area contributed by atoms with E-state index in [-0.39, 0.29) is 11.2 Å². The highest BCUT2D eigenvalue weighted by Gasteiger charge is 2.12. The van der Waals surface area contributed by atoms with E-state index in [1.165, 1.54) is 22.8 Å². The lowest BCUT2D eigenvalue weighted by molar-refractivity contribution is 0.615. The summed E-state index contributed by atoms with van der Waals surface area (Å²) >= 11 is 6.42. The van der Waals surface area contributed by atoms with E-state index in [4.69, 9.17) is 11.6 Å². The van der Waals surface area contributed by atoms with E-state index in [1.807, 2.05) is 6.07 Å². The van der Waals surface area contributed by atoms with Crippen molar-refractivity contribution in [2.75, 3.05) is 0 Å². The second-order valence-corrected chi connectivity index (χ2v) is 5.64. The van der Waals surface area contributed by atoms with Gasteiger partial charge < -0.3 is 0 Å². The second kappa shape index (κ2) is 5.75. The van der Waals surface area contributed by atoms with Gasteiger partial charge in [0, 0.05) is 0 Å². The van der Waals surface area contributed by atoms with Gasteiger partial charge in [-0.3, -0.25) is 0 Å². The van der Waals surface area contributed by atoms with Crippen molar-refractivity contribution in [2.45, 2.75) is 32.6 Å². The molecular formula is C17H18ClF. The third-order valence-electron chi connectivity index (χ3n) is 3.46. The van der Waals surface area contributed by atoms with Crippen molar-refractivity contribution in [3.05, 3.63) is 70.0 Å². The van der Waals surface area contributed by atoms with Gasteiger partial charge in [0.15, 0.2) is 0 Å². The van der Waals surface area contributed by atoms with Crippen molar-refractivity contribution in [1.29, 1.82) is 0 Å². The van der Waals surface area contributed by atoms with Crippen molar-refractivity contribution in [1.82, 2.24) is 0 Å². The van der Waals surface area contributed by atoms with Crippen LogP contribution in [0.25, 0.3) is 0 Å². The van der Waals surface area contributed by atoms with E-state index in [9.17, 15) is 4.39 Å². The van der Waals surface area contributed by atoms with Gasteiger partial charge in [-0.25, -0.2) is 4.39 Å². The van der Waals surface area contributed by atoms with Crippen molar-refractivity contribution in [2.24, 2.45) is 0 Å². The van der Waals surface area contributed by atoms with E-state index in [1.54, 1.807) is 13.0 Å². The molecule has 0 spiro atoms. The molecule has 1 unspecified atom stereocenters. The quantitative estimate of drug-likeness (QED) is 0.670. The summed E-state index contributed by atoms with van der Waals surface area (Å²) in [6.07, 6.45) is 0.720. The van der Waals surface area contributed by atoms with Gasteiger partial charge in [0.2, 0.25) is 0 Å². The second-order valence-electron chi connectivity index (χ2n) is 5.11. The van der Waals surface area contributed by atoms with Crippen LogP contribution in [0.1, 0.15) is 33.2 Å². The zero-order chi connectivity index (χ0) is 14.0. The number of halogens is 2. The van der Waals surface area contributed by atoms with Crippen LogP contribution in [0.4, 0.5) is 4.39 Å². The summed E-state index contributed by atoms with van der Waals surface area (Å²) in [5.41, 5.74) is 5.16. The lowest BCUT2D eigenvalue weighted by atomic mass is 9.98. The minimum Gasteiger partial charge on any atom is -0.207 e. The van der Waals surface area contributed by atoms with Gasteiger partial charge in [-0.05, 0) is 55.5 Å². The maximum Gasteiger partial charge on any atom is 0.126 e. The predicted molar refractivity (Wildman–Crippen MR) is 79.4 cm³/mol. The summed E-state index contributed by atoms with van der Waals surface area (Å²) in [7, 11) is 0. The predicted octanol–water partition coefficient (Wildman–Crippen LogP) is 5.27. The van der Waals surface area contributed by atoms with Crippen LogP contribution in [-0.4, -0.2) is 0 Å². The summed E-state index contributed by atoms with van der Waals surface area (Å²) in [4.78, 5) is 0. The standard InChI is InChI=1S/C17H18ClF/c1-11-4-5-12(2)15(8-11)9-16(18)14-7-6-13(3)17(19)10-14/h4-8,10,16H,9H2,1-3H3. The fraction of sp³-hybridized carbons (Fsp3) is 0.294. The Morgan fingerprint density at radius 3 is 2.37 bits per heavy atom. The Hall–Kier alpha value is -1.34. The summed E-state index contributed by atoms with van der Waals surface area (Å²) in [6.45, 7) is 5.90. The number of alkyl halides is 1. The van der Waals surface area contributed by atoms with Gasteiger partial charge in [-0.2, -0.15) is 0 Å². The first kappa shape index (κ1) is 14.1. The molecule has 0 saturated carbocycles. The van der Waals surface area contributed by atoms with Gasteiger partial charge in [-0.15, -0.1) is 11.6 Å². The van der Waals surface area contributed by atoms with E-state index >= 15 is 0 Å². The molecule has 0 bridgehead atoms. The Labute approximate surface area is 119 Å². The molecule has 0 aliphatic carbocycles. The normalized spacial score (nSPS) is 12.5. The Balaban J connectivity index is 2.22. The fourth-order valence-electron chi connectivity index (χ4n) is 2.14. The molecule has 19 heavy (non-hydrogen) atoms. The first-order valence-electron chi connectivity index (χ1n) is 6.43. The highest BCUT2D eigenvalue weighted by atomic mass is 35.5. The molecule has 2 rings (SSSR count). The highest BCUT2D eigenvalue weighted by Crippen LogP contribution is 2.28. The molecule has 0 heterocycles. The number of benzene rings is 2. The van der Waals surface area contributed by atoms with Crippen LogP contribution >= 0.6 is 11.6 Å². The lowest BCUT2D eigenvalue weighted by Crippen LogP contribution is -1.99. The molecule has 2 aromatic carbocycles. The third-order valence-corrected chi connectivity index (χ3v) is 3.87. The molecule has 0 amide bonds. The summed E-state index contributed by atoms with van der Waals surface area (Å²) in [5.74, 6) is -0.191. The molecule has 1 atom stereocenters. The molecule has 0 N–H and O–H groups in total. The average molecular weight is 277 g/mol. The zero-order valence-corrected chi connectivity index (χ0v) is 12.3. The van der Waals surface area contributed by atoms with Crippen molar-refractivity contribution in [3.8, 4) is 0 Å². The van der Waals surface area contributed by atoms with Gasteiger partial charge >= 0.3 is 0 Å². The summed E-state index contributed by atoms with van der Waals surface area (Å²) in [6, 6.07) is 11.6. The average Bonchev–Trinajstić information content (AvgIpc) is 2.37. The third kappa shape index (κ3) is 3.36. The smallest absolute Gasteiger partial charge is 0.126 e. The summed E-state index contributed by atoms with van der Waals surface area (Å²) < 4.78 is 13.6. The van der Waals surface area contributed by atoms with Crippen molar-refractivity contribution < 1.29 is 4.39 Å². The minimum atomic E-state index is -0.199. The van der Waals surface area contributed by atoms with E-state index in [0.717, 1.165) is 12.0 Å². The zero-order valence-electron chi connectivity index (χ0n) is 11.5. The van der Waals surface area contributed by atoms with Crippen LogP contribution in [0.5, 0.6) is 0 Å². The molecule has 0 aromatic heterocycles. The molecular weight excluding hydrogens is 259 g/mol. The van der Waals surface area contributed by atoms with Gasteiger partial charge in [0.1, 0.15) is 5.82 Å².